The molecule has 2 rings (SSSR count). The first-order valence-corrected chi connectivity index (χ1v) is 6.43. The highest BCUT2D eigenvalue weighted by molar-refractivity contribution is 9.10. The van der Waals surface area contributed by atoms with Crippen LogP contribution in [-0.4, -0.2) is 9.55 Å². The lowest BCUT2D eigenvalue weighted by Gasteiger charge is -2.13. The molecule has 3 nitrogen and oxygen atoms in total. The van der Waals surface area contributed by atoms with Crippen molar-refractivity contribution in [1.82, 2.24) is 9.55 Å². The van der Waals surface area contributed by atoms with Gasteiger partial charge in [0.2, 0.25) is 5.95 Å². The molecule has 2 aromatic rings. The van der Waals surface area contributed by atoms with Crippen LogP contribution < -0.4 is 5.32 Å². The van der Waals surface area contributed by atoms with Crippen LogP contribution in [0.1, 0.15) is 25.5 Å². The number of anilines is 2. The van der Waals surface area contributed by atoms with Gasteiger partial charge >= 0.3 is 0 Å². The van der Waals surface area contributed by atoms with Crippen molar-refractivity contribution in [3.05, 3.63) is 40.6 Å². The summed E-state index contributed by atoms with van der Waals surface area (Å²) >= 11 is 3.50. The fourth-order valence-electron chi connectivity index (χ4n) is 1.68. The summed E-state index contributed by atoms with van der Waals surface area (Å²) in [5.41, 5.74) is 2.26. The summed E-state index contributed by atoms with van der Waals surface area (Å²) in [6.45, 7) is 6.35. The average molecular weight is 294 g/mol. The molecule has 4 heteroatoms. The molecule has 0 radical (unpaired) electrons. The van der Waals surface area contributed by atoms with Crippen LogP contribution in [0.5, 0.6) is 0 Å². The standard InChI is InChI=1S/C13H16BrN3/c1-9(2)17-7-6-15-13(17)16-11-4-5-12(14)10(3)8-11/h4-9H,1-3H3,(H,15,16). The molecule has 0 amide bonds. The van der Waals surface area contributed by atoms with Gasteiger partial charge in [-0.25, -0.2) is 4.98 Å². The highest BCUT2D eigenvalue weighted by atomic mass is 79.9. The number of aryl methyl sites for hydroxylation is 1. The molecular weight excluding hydrogens is 278 g/mol. The van der Waals surface area contributed by atoms with E-state index in [0.29, 0.717) is 6.04 Å². The first kappa shape index (κ1) is 12.2. The van der Waals surface area contributed by atoms with E-state index < -0.39 is 0 Å². The number of imidazole rings is 1. The SMILES string of the molecule is Cc1cc(Nc2nccn2C(C)C)ccc1Br. The number of nitrogens with zero attached hydrogens (tertiary/aromatic N) is 2. The zero-order chi connectivity index (χ0) is 12.4. The van der Waals surface area contributed by atoms with Gasteiger partial charge in [-0.2, -0.15) is 0 Å². The summed E-state index contributed by atoms with van der Waals surface area (Å²) in [7, 11) is 0. The van der Waals surface area contributed by atoms with Crippen molar-refractivity contribution in [2.45, 2.75) is 26.8 Å². The molecule has 1 aromatic carbocycles. The molecule has 1 heterocycles. The number of rotatable bonds is 3. The predicted molar refractivity (Wildman–Crippen MR) is 74.8 cm³/mol. The molecule has 0 fully saturated rings. The van der Waals surface area contributed by atoms with E-state index in [1.165, 1.54) is 5.56 Å². The van der Waals surface area contributed by atoms with Crippen LogP contribution in [0.15, 0.2) is 35.1 Å². The van der Waals surface area contributed by atoms with Crippen molar-refractivity contribution < 1.29 is 0 Å². The van der Waals surface area contributed by atoms with Gasteiger partial charge < -0.3 is 9.88 Å². The van der Waals surface area contributed by atoms with Crippen molar-refractivity contribution >= 4 is 27.6 Å². The van der Waals surface area contributed by atoms with Crippen molar-refractivity contribution in [3.63, 3.8) is 0 Å². The predicted octanol–water partition coefficient (Wildman–Crippen LogP) is 4.28. The zero-order valence-corrected chi connectivity index (χ0v) is 11.8. The molecule has 0 unspecified atom stereocenters. The Balaban J connectivity index is 2.25. The first-order chi connectivity index (χ1) is 8.08. The minimum absolute atomic E-state index is 0.400. The molecule has 0 aliphatic heterocycles. The summed E-state index contributed by atoms with van der Waals surface area (Å²) in [6.07, 6.45) is 3.80. The van der Waals surface area contributed by atoms with Crippen LogP contribution in [0.2, 0.25) is 0 Å². The fraction of sp³-hybridized carbons (Fsp3) is 0.308. The van der Waals surface area contributed by atoms with Gasteiger partial charge in [-0.05, 0) is 44.5 Å². The summed E-state index contributed by atoms with van der Waals surface area (Å²) < 4.78 is 3.23. The smallest absolute Gasteiger partial charge is 0.207 e. The van der Waals surface area contributed by atoms with Crippen LogP contribution >= 0.6 is 15.9 Å². The Morgan fingerprint density at radius 1 is 1.35 bits per heavy atom. The minimum Gasteiger partial charge on any atom is -0.326 e. The number of hydrogen-bond donors (Lipinski definition) is 1. The van der Waals surface area contributed by atoms with Gasteiger partial charge in [0.15, 0.2) is 0 Å². The lowest BCUT2D eigenvalue weighted by atomic mass is 10.2. The zero-order valence-electron chi connectivity index (χ0n) is 10.2. The maximum Gasteiger partial charge on any atom is 0.207 e. The first-order valence-electron chi connectivity index (χ1n) is 5.64. The maximum absolute atomic E-state index is 4.32. The second kappa shape index (κ2) is 4.92. The number of benzene rings is 1. The van der Waals surface area contributed by atoms with E-state index in [1.807, 2.05) is 24.5 Å². The van der Waals surface area contributed by atoms with E-state index >= 15 is 0 Å². The Morgan fingerprint density at radius 3 is 2.76 bits per heavy atom. The van der Waals surface area contributed by atoms with E-state index in [1.54, 1.807) is 0 Å². The highest BCUT2D eigenvalue weighted by Gasteiger charge is 2.06. The van der Waals surface area contributed by atoms with Gasteiger partial charge in [-0.15, -0.1) is 0 Å². The average Bonchev–Trinajstić information content (AvgIpc) is 2.72. The molecule has 17 heavy (non-hydrogen) atoms. The van der Waals surface area contributed by atoms with Crippen molar-refractivity contribution in [1.29, 1.82) is 0 Å². The number of halogens is 1. The van der Waals surface area contributed by atoms with Crippen LogP contribution in [0, 0.1) is 6.92 Å². The van der Waals surface area contributed by atoms with Gasteiger partial charge in [0.25, 0.3) is 0 Å². The van der Waals surface area contributed by atoms with Gasteiger partial charge in [0.1, 0.15) is 0 Å². The molecule has 1 N–H and O–H groups in total. The summed E-state index contributed by atoms with van der Waals surface area (Å²) in [6, 6.07) is 6.58. The Kier molecular flexibility index (Phi) is 3.52. The Hall–Kier alpha value is -1.29. The molecular formula is C13H16BrN3. The summed E-state index contributed by atoms with van der Waals surface area (Å²) in [4.78, 5) is 4.32. The molecule has 0 aliphatic carbocycles. The van der Waals surface area contributed by atoms with Gasteiger partial charge in [-0.1, -0.05) is 15.9 Å². The maximum atomic E-state index is 4.32. The Bertz CT molecular complexity index is 517. The topological polar surface area (TPSA) is 29.9 Å². The van der Waals surface area contributed by atoms with E-state index in [4.69, 9.17) is 0 Å². The molecule has 0 atom stereocenters. The van der Waals surface area contributed by atoms with Crippen LogP contribution in [-0.2, 0) is 0 Å². The van der Waals surface area contributed by atoms with E-state index in [-0.39, 0.29) is 0 Å². The second-order valence-corrected chi connectivity index (χ2v) is 5.20. The quantitative estimate of drug-likeness (QED) is 0.915. The molecule has 0 spiro atoms. The largest absolute Gasteiger partial charge is 0.326 e. The summed E-state index contributed by atoms with van der Waals surface area (Å²) in [5, 5.41) is 3.33. The molecule has 0 saturated carbocycles. The van der Waals surface area contributed by atoms with Crippen molar-refractivity contribution in [2.24, 2.45) is 0 Å². The van der Waals surface area contributed by atoms with E-state index in [2.05, 4.69) is 57.6 Å². The second-order valence-electron chi connectivity index (χ2n) is 4.34. The summed E-state index contributed by atoms with van der Waals surface area (Å²) in [5.74, 6) is 0.877. The Labute approximate surface area is 110 Å². The van der Waals surface area contributed by atoms with Gasteiger partial charge in [0, 0.05) is 28.6 Å². The van der Waals surface area contributed by atoms with Crippen LogP contribution in [0.25, 0.3) is 0 Å². The Morgan fingerprint density at radius 2 is 2.12 bits per heavy atom. The monoisotopic (exact) mass is 293 g/mol. The molecule has 0 bridgehead atoms. The third-order valence-corrected chi connectivity index (χ3v) is 3.53. The lowest BCUT2D eigenvalue weighted by molar-refractivity contribution is 0.608. The van der Waals surface area contributed by atoms with Gasteiger partial charge in [-0.3, -0.25) is 0 Å². The molecule has 90 valence electrons. The lowest BCUT2D eigenvalue weighted by Crippen LogP contribution is -2.05. The van der Waals surface area contributed by atoms with Crippen LogP contribution in [0.3, 0.4) is 0 Å². The minimum atomic E-state index is 0.400. The number of nitrogens with one attached hydrogen (secondary N) is 1. The number of aromatic nitrogens is 2. The van der Waals surface area contributed by atoms with Gasteiger partial charge in [0.05, 0.1) is 0 Å². The normalized spacial score (nSPS) is 10.9. The highest BCUT2D eigenvalue weighted by Crippen LogP contribution is 2.23. The van der Waals surface area contributed by atoms with E-state index in [9.17, 15) is 0 Å². The number of hydrogen-bond acceptors (Lipinski definition) is 2. The molecule has 0 saturated heterocycles. The molecule has 1 aromatic heterocycles. The fourth-order valence-corrected chi connectivity index (χ4v) is 1.92. The van der Waals surface area contributed by atoms with Crippen LogP contribution in [0.4, 0.5) is 11.6 Å². The third-order valence-electron chi connectivity index (χ3n) is 2.64. The molecule has 0 aliphatic rings. The third kappa shape index (κ3) is 2.69. The van der Waals surface area contributed by atoms with Crippen molar-refractivity contribution in [2.75, 3.05) is 5.32 Å². The van der Waals surface area contributed by atoms with Crippen molar-refractivity contribution in [3.8, 4) is 0 Å². The van der Waals surface area contributed by atoms with E-state index in [0.717, 1.165) is 16.1 Å².